The van der Waals surface area contributed by atoms with Gasteiger partial charge in [-0.3, -0.25) is 0 Å². The zero-order valence-electron chi connectivity index (χ0n) is 7.27. The number of halogens is 4. The summed E-state index contributed by atoms with van der Waals surface area (Å²) in [6.45, 7) is 1.42. The molecule has 1 heterocycles. The quantitative estimate of drug-likeness (QED) is 0.745. The maximum atomic E-state index is 12.4. The van der Waals surface area contributed by atoms with Crippen LogP contribution in [0, 0.1) is 0 Å². The maximum absolute atomic E-state index is 12.4. The smallest absolute Gasteiger partial charge is 0.323 e. The SMILES string of the molecule is CC(N)c1nc(Cl)ccc1C(F)(F)F. The molecular weight excluding hydrogens is 217 g/mol. The second-order valence-corrected chi connectivity index (χ2v) is 3.24. The van der Waals surface area contributed by atoms with Gasteiger partial charge in [0.15, 0.2) is 0 Å². The molecule has 0 aliphatic heterocycles. The van der Waals surface area contributed by atoms with Gasteiger partial charge in [0.2, 0.25) is 0 Å². The van der Waals surface area contributed by atoms with E-state index in [1.807, 2.05) is 0 Å². The molecule has 2 nitrogen and oxygen atoms in total. The van der Waals surface area contributed by atoms with Gasteiger partial charge in [0.1, 0.15) is 5.15 Å². The average molecular weight is 225 g/mol. The summed E-state index contributed by atoms with van der Waals surface area (Å²) in [6.07, 6.45) is -4.44. The molecule has 2 N–H and O–H groups in total. The third kappa shape index (κ3) is 2.36. The highest BCUT2D eigenvalue weighted by Gasteiger charge is 2.34. The van der Waals surface area contributed by atoms with Crippen molar-refractivity contribution in [2.24, 2.45) is 5.73 Å². The Morgan fingerprint density at radius 3 is 2.43 bits per heavy atom. The van der Waals surface area contributed by atoms with E-state index in [-0.39, 0.29) is 10.8 Å². The fourth-order valence-electron chi connectivity index (χ4n) is 1.04. The van der Waals surface area contributed by atoms with Crippen LogP contribution in [0.4, 0.5) is 13.2 Å². The molecule has 1 rings (SSSR count). The molecule has 1 aromatic rings. The lowest BCUT2D eigenvalue weighted by Crippen LogP contribution is -2.17. The lowest BCUT2D eigenvalue weighted by Gasteiger charge is -2.14. The highest BCUT2D eigenvalue weighted by molar-refractivity contribution is 6.29. The lowest BCUT2D eigenvalue weighted by molar-refractivity contribution is -0.138. The van der Waals surface area contributed by atoms with Crippen molar-refractivity contribution in [1.82, 2.24) is 4.98 Å². The molecule has 0 spiro atoms. The average Bonchev–Trinajstić information content (AvgIpc) is 2.01. The molecule has 14 heavy (non-hydrogen) atoms. The molecule has 1 aromatic heterocycles. The minimum absolute atomic E-state index is 0.00491. The van der Waals surface area contributed by atoms with Crippen LogP contribution in [0.1, 0.15) is 24.2 Å². The van der Waals surface area contributed by atoms with Crippen LogP contribution >= 0.6 is 11.6 Å². The number of alkyl halides is 3. The summed E-state index contributed by atoms with van der Waals surface area (Å²) in [4.78, 5) is 3.56. The molecule has 0 bridgehead atoms. The summed E-state index contributed by atoms with van der Waals surface area (Å²) in [5, 5.41) is 0.00491. The summed E-state index contributed by atoms with van der Waals surface area (Å²) in [5.41, 5.74) is 4.29. The van der Waals surface area contributed by atoms with Crippen LogP contribution in [0.5, 0.6) is 0 Å². The van der Waals surface area contributed by atoms with E-state index < -0.39 is 17.8 Å². The van der Waals surface area contributed by atoms with E-state index in [1.165, 1.54) is 6.92 Å². The molecule has 6 heteroatoms. The summed E-state index contributed by atoms with van der Waals surface area (Å²) < 4.78 is 37.2. The molecule has 1 atom stereocenters. The standard InChI is InChI=1S/C8H8ClF3N2/c1-4(13)7-5(8(10,11)12)2-3-6(9)14-7/h2-4H,13H2,1H3. The van der Waals surface area contributed by atoms with Gasteiger partial charge < -0.3 is 5.73 Å². The van der Waals surface area contributed by atoms with Gasteiger partial charge in [-0.05, 0) is 19.1 Å². The molecule has 0 aromatic carbocycles. The van der Waals surface area contributed by atoms with Crippen molar-refractivity contribution in [3.63, 3.8) is 0 Å². The summed E-state index contributed by atoms with van der Waals surface area (Å²) in [7, 11) is 0. The first-order valence-electron chi connectivity index (χ1n) is 3.81. The van der Waals surface area contributed by atoms with Crippen LogP contribution in [-0.2, 0) is 6.18 Å². The van der Waals surface area contributed by atoms with E-state index in [2.05, 4.69) is 4.98 Å². The normalized spacial score (nSPS) is 14.1. The van der Waals surface area contributed by atoms with Gasteiger partial charge in [-0.2, -0.15) is 13.2 Å². The van der Waals surface area contributed by atoms with Crippen molar-refractivity contribution in [3.8, 4) is 0 Å². The number of rotatable bonds is 1. The van der Waals surface area contributed by atoms with Crippen LogP contribution in [0.25, 0.3) is 0 Å². The second-order valence-electron chi connectivity index (χ2n) is 2.85. The number of hydrogen-bond acceptors (Lipinski definition) is 2. The van der Waals surface area contributed by atoms with Gasteiger partial charge >= 0.3 is 6.18 Å². The zero-order valence-corrected chi connectivity index (χ0v) is 8.02. The molecule has 1 unspecified atom stereocenters. The van der Waals surface area contributed by atoms with Crippen molar-refractivity contribution in [3.05, 3.63) is 28.5 Å². The second kappa shape index (κ2) is 3.74. The number of hydrogen-bond donors (Lipinski definition) is 1. The van der Waals surface area contributed by atoms with Crippen molar-refractivity contribution < 1.29 is 13.2 Å². The number of nitrogens with zero attached hydrogens (tertiary/aromatic N) is 1. The van der Waals surface area contributed by atoms with Crippen LogP contribution in [0.15, 0.2) is 12.1 Å². The molecule has 0 aliphatic carbocycles. The fraction of sp³-hybridized carbons (Fsp3) is 0.375. The maximum Gasteiger partial charge on any atom is 0.418 e. The molecule has 0 aliphatic rings. The topological polar surface area (TPSA) is 38.9 Å². The van der Waals surface area contributed by atoms with E-state index >= 15 is 0 Å². The third-order valence-electron chi connectivity index (χ3n) is 1.63. The van der Waals surface area contributed by atoms with E-state index in [0.29, 0.717) is 0 Å². The van der Waals surface area contributed by atoms with E-state index in [0.717, 1.165) is 12.1 Å². The Balaban J connectivity index is 3.29. The van der Waals surface area contributed by atoms with E-state index in [1.54, 1.807) is 0 Å². The first-order chi connectivity index (χ1) is 6.32. The Morgan fingerprint density at radius 1 is 1.43 bits per heavy atom. The fourth-order valence-corrected chi connectivity index (χ4v) is 1.19. The predicted molar refractivity (Wildman–Crippen MR) is 46.9 cm³/mol. The van der Waals surface area contributed by atoms with Crippen LogP contribution in [-0.4, -0.2) is 4.98 Å². The minimum atomic E-state index is -4.44. The van der Waals surface area contributed by atoms with Crippen molar-refractivity contribution in [2.45, 2.75) is 19.1 Å². The van der Waals surface area contributed by atoms with Crippen molar-refractivity contribution >= 4 is 11.6 Å². The zero-order chi connectivity index (χ0) is 10.9. The first kappa shape index (κ1) is 11.3. The molecule has 0 saturated heterocycles. The highest BCUT2D eigenvalue weighted by Crippen LogP contribution is 2.33. The van der Waals surface area contributed by atoms with Gasteiger partial charge in [0.05, 0.1) is 11.3 Å². The van der Waals surface area contributed by atoms with Gasteiger partial charge in [-0.25, -0.2) is 4.98 Å². The van der Waals surface area contributed by atoms with Crippen molar-refractivity contribution in [1.29, 1.82) is 0 Å². The van der Waals surface area contributed by atoms with Gasteiger partial charge in [0.25, 0.3) is 0 Å². The predicted octanol–water partition coefficient (Wildman–Crippen LogP) is 2.77. The van der Waals surface area contributed by atoms with Crippen LogP contribution < -0.4 is 5.73 Å². The number of aromatic nitrogens is 1. The van der Waals surface area contributed by atoms with E-state index in [9.17, 15) is 13.2 Å². The van der Waals surface area contributed by atoms with Crippen LogP contribution in [0.3, 0.4) is 0 Å². The summed E-state index contributed by atoms with van der Waals surface area (Å²) in [5.74, 6) is 0. The molecule has 0 radical (unpaired) electrons. The molecule has 0 fully saturated rings. The van der Waals surface area contributed by atoms with Crippen LogP contribution in [0.2, 0.25) is 5.15 Å². The Bertz CT molecular complexity index is 336. The van der Waals surface area contributed by atoms with Gasteiger partial charge in [-0.15, -0.1) is 0 Å². The Kier molecular flexibility index (Phi) is 3.01. The summed E-state index contributed by atoms with van der Waals surface area (Å²) >= 11 is 5.48. The third-order valence-corrected chi connectivity index (χ3v) is 1.84. The Hall–Kier alpha value is -0.810. The Morgan fingerprint density at radius 2 is 2.00 bits per heavy atom. The minimum Gasteiger partial charge on any atom is -0.323 e. The lowest BCUT2D eigenvalue weighted by atomic mass is 10.1. The molecule has 78 valence electrons. The Labute approximate surface area is 83.9 Å². The molecular formula is C8H8ClF3N2. The van der Waals surface area contributed by atoms with Gasteiger partial charge in [0, 0.05) is 6.04 Å². The van der Waals surface area contributed by atoms with E-state index in [4.69, 9.17) is 17.3 Å². The monoisotopic (exact) mass is 224 g/mol. The summed E-state index contributed by atoms with van der Waals surface area (Å²) in [6, 6.07) is 1.18. The molecule has 0 amide bonds. The first-order valence-corrected chi connectivity index (χ1v) is 4.19. The largest absolute Gasteiger partial charge is 0.418 e. The molecule has 0 saturated carbocycles. The highest BCUT2D eigenvalue weighted by atomic mass is 35.5. The number of nitrogens with two attached hydrogens (primary N) is 1. The van der Waals surface area contributed by atoms with Gasteiger partial charge in [-0.1, -0.05) is 11.6 Å². The van der Waals surface area contributed by atoms with Crippen molar-refractivity contribution in [2.75, 3.05) is 0 Å². The number of pyridine rings is 1.